The number of hydrogen-bond donors (Lipinski definition) is 0. The van der Waals surface area contributed by atoms with Crippen molar-refractivity contribution in [1.29, 1.82) is 0 Å². The molecule has 1 heteroatoms. The molecular weight excluding hydrogens is 299 g/mol. The van der Waals surface area contributed by atoms with E-state index in [-0.39, 0.29) is 0 Å². The third-order valence-corrected chi connectivity index (χ3v) is 16.4. The first-order chi connectivity index (χ1) is 7.74. The van der Waals surface area contributed by atoms with Crippen LogP contribution in [0.15, 0.2) is 20.3 Å². The molecule has 2 aliphatic rings. The van der Waals surface area contributed by atoms with Gasteiger partial charge >= 0.3 is 105 Å². The minimum absolute atomic E-state index is 0.568. The van der Waals surface area contributed by atoms with Gasteiger partial charge in [0.25, 0.3) is 0 Å². The molecule has 0 saturated heterocycles. The molecule has 1 fully saturated rings. The average molecular weight is 325 g/mol. The van der Waals surface area contributed by atoms with E-state index in [1.807, 2.05) is 0 Å². The van der Waals surface area contributed by atoms with Gasteiger partial charge in [0.1, 0.15) is 0 Å². The molecule has 0 aromatic rings. The van der Waals surface area contributed by atoms with Crippen LogP contribution in [0.4, 0.5) is 0 Å². The fourth-order valence-electron chi connectivity index (χ4n) is 2.72. The summed E-state index contributed by atoms with van der Waals surface area (Å²) in [5.41, 5.74) is 0.568. The molecule has 0 N–H and O–H groups in total. The van der Waals surface area contributed by atoms with Gasteiger partial charge in [0.15, 0.2) is 0 Å². The number of allylic oxidation sites excluding steroid dienone is 2. The van der Waals surface area contributed by atoms with Crippen LogP contribution in [-0.4, -0.2) is 18.4 Å². The summed E-state index contributed by atoms with van der Waals surface area (Å²) in [7, 11) is 0. The molecule has 1 heterocycles. The predicted octanol–water partition coefficient (Wildman–Crippen LogP) is 5.02. The minimum atomic E-state index is -1.93. The van der Waals surface area contributed by atoms with Crippen LogP contribution in [0.1, 0.15) is 52.4 Å². The van der Waals surface area contributed by atoms with Crippen LogP contribution in [0.5, 0.6) is 0 Å². The van der Waals surface area contributed by atoms with Gasteiger partial charge < -0.3 is 0 Å². The Hall–Kier alpha value is 0.279. The first-order valence-corrected chi connectivity index (χ1v) is 14.5. The molecule has 0 atom stereocenters. The van der Waals surface area contributed by atoms with Crippen LogP contribution >= 0.6 is 0 Å². The van der Waals surface area contributed by atoms with Crippen molar-refractivity contribution in [1.82, 2.24) is 0 Å². The summed E-state index contributed by atoms with van der Waals surface area (Å²) >= 11 is -1.93. The quantitative estimate of drug-likeness (QED) is 0.602. The third kappa shape index (κ3) is 2.94. The molecule has 1 aliphatic carbocycles. The van der Waals surface area contributed by atoms with Gasteiger partial charge in [-0.05, 0) is 0 Å². The normalized spacial score (nSPS) is 23.9. The molecule has 0 aromatic heterocycles. The van der Waals surface area contributed by atoms with E-state index in [1.165, 1.54) is 38.5 Å². The van der Waals surface area contributed by atoms with Crippen molar-refractivity contribution in [2.45, 2.75) is 61.2 Å². The van der Waals surface area contributed by atoms with E-state index in [0.29, 0.717) is 5.41 Å². The molecule has 90 valence electrons. The van der Waals surface area contributed by atoms with Crippen molar-refractivity contribution in [3.8, 4) is 0 Å². The Balaban J connectivity index is 2.00. The number of unbranched alkanes of at least 4 members (excludes halogenated alkanes) is 2. The number of rotatable bonds is 6. The van der Waals surface area contributed by atoms with Gasteiger partial charge in [-0.2, -0.15) is 0 Å². The van der Waals surface area contributed by atoms with Gasteiger partial charge in [-0.25, -0.2) is 0 Å². The summed E-state index contributed by atoms with van der Waals surface area (Å²) in [6.45, 7) is 4.66. The van der Waals surface area contributed by atoms with Crippen molar-refractivity contribution < 1.29 is 0 Å². The Kier molecular flexibility index (Phi) is 4.20. The fraction of sp³-hybridized carbons (Fsp3) is 0.733. The molecule has 0 unspecified atom stereocenters. The molecular formula is C15H26Sn. The number of hydrogen-bond acceptors (Lipinski definition) is 0. The maximum absolute atomic E-state index is 2.76. The molecule has 1 spiro atoms. The Morgan fingerprint density at radius 1 is 0.938 bits per heavy atom. The standard InChI is InChI=1S/C7H8.2C4H9.Sn/c1-3-7(4-2)5-6-7;2*1-3-4-2;/h1-4H,5-6H2;2*1,3-4H2,2H3;. The van der Waals surface area contributed by atoms with Crippen LogP contribution in [-0.2, 0) is 0 Å². The summed E-state index contributed by atoms with van der Waals surface area (Å²) in [6, 6.07) is 0. The first-order valence-electron chi connectivity index (χ1n) is 7.15. The van der Waals surface area contributed by atoms with Crippen LogP contribution in [0.2, 0.25) is 8.87 Å². The predicted molar refractivity (Wildman–Crippen MR) is 75.1 cm³/mol. The van der Waals surface area contributed by atoms with Gasteiger partial charge in [0, 0.05) is 0 Å². The summed E-state index contributed by atoms with van der Waals surface area (Å²) < 4.78 is 8.64. The fourth-order valence-corrected chi connectivity index (χ4v) is 15.2. The molecule has 0 nitrogen and oxygen atoms in total. The average Bonchev–Trinajstić information content (AvgIpc) is 3.08. The summed E-state index contributed by atoms with van der Waals surface area (Å²) in [5, 5.41) is 0. The van der Waals surface area contributed by atoms with E-state index >= 15 is 0 Å². The van der Waals surface area contributed by atoms with Crippen LogP contribution in [0.3, 0.4) is 0 Å². The Morgan fingerprint density at radius 3 is 1.81 bits per heavy atom. The van der Waals surface area contributed by atoms with Crippen LogP contribution in [0, 0.1) is 5.41 Å². The van der Waals surface area contributed by atoms with Gasteiger partial charge in [-0.15, -0.1) is 0 Å². The summed E-state index contributed by atoms with van der Waals surface area (Å²) in [4.78, 5) is 0. The Bertz CT molecular complexity index is 258. The monoisotopic (exact) mass is 326 g/mol. The van der Waals surface area contributed by atoms with Crippen molar-refractivity contribution >= 4 is 18.4 Å². The van der Waals surface area contributed by atoms with E-state index in [9.17, 15) is 0 Å². The molecule has 0 bridgehead atoms. The molecule has 16 heavy (non-hydrogen) atoms. The van der Waals surface area contributed by atoms with E-state index in [2.05, 4.69) is 34.2 Å². The molecule has 0 aromatic carbocycles. The van der Waals surface area contributed by atoms with Gasteiger partial charge in [0.2, 0.25) is 0 Å². The molecule has 2 rings (SSSR count). The topological polar surface area (TPSA) is 0 Å². The zero-order valence-electron chi connectivity index (χ0n) is 11.0. The van der Waals surface area contributed by atoms with Crippen molar-refractivity contribution in [3.05, 3.63) is 20.3 Å². The van der Waals surface area contributed by atoms with Gasteiger partial charge in [0.05, 0.1) is 0 Å². The first kappa shape index (κ1) is 12.7. The second-order valence-corrected chi connectivity index (χ2v) is 17.6. The zero-order chi connectivity index (χ0) is 11.5. The Morgan fingerprint density at radius 2 is 1.44 bits per heavy atom. The van der Waals surface area contributed by atoms with E-state index in [1.54, 1.807) is 8.87 Å². The van der Waals surface area contributed by atoms with E-state index in [0.717, 1.165) is 0 Å². The van der Waals surface area contributed by atoms with E-state index in [4.69, 9.17) is 0 Å². The molecule has 1 aliphatic heterocycles. The van der Waals surface area contributed by atoms with Crippen molar-refractivity contribution in [2.24, 2.45) is 5.41 Å². The van der Waals surface area contributed by atoms with E-state index < -0.39 is 18.4 Å². The van der Waals surface area contributed by atoms with Crippen LogP contribution < -0.4 is 0 Å². The van der Waals surface area contributed by atoms with Crippen molar-refractivity contribution in [3.63, 3.8) is 0 Å². The molecule has 1 saturated carbocycles. The molecule has 0 radical (unpaired) electrons. The molecule has 0 amide bonds. The second-order valence-electron chi connectivity index (χ2n) is 5.84. The zero-order valence-corrected chi connectivity index (χ0v) is 13.8. The SMILES string of the molecule is CCC[CH2][Sn]1([CH2]CCC)[CH]=CC2(C=[CH]1)CC2. The van der Waals surface area contributed by atoms with Gasteiger partial charge in [-0.3, -0.25) is 0 Å². The maximum atomic E-state index is 2.76. The second kappa shape index (κ2) is 5.28. The Labute approximate surface area is 105 Å². The van der Waals surface area contributed by atoms with Crippen LogP contribution in [0.25, 0.3) is 0 Å². The third-order valence-electron chi connectivity index (χ3n) is 4.31. The van der Waals surface area contributed by atoms with Gasteiger partial charge in [-0.1, -0.05) is 0 Å². The summed E-state index contributed by atoms with van der Waals surface area (Å²) in [6.07, 6.45) is 13.7. The summed E-state index contributed by atoms with van der Waals surface area (Å²) in [5.74, 6) is 0. The van der Waals surface area contributed by atoms with Crippen molar-refractivity contribution in [2.75, 3.05) is 0 Å².